The Morgan fingerprint density at radius 1 is 1.20 bits per heavy atom. The van der Waals surface area contributed by atoms with Crippen molar-refractivity contribution in [2.24, 2.45) is 14.1 Å². The molecule has 1 aromatic carbocycles. The van der Waals surface area contributed by atoms with E-state index in [1.807, 2.05) is 26.2 Å². The monoisotopic (exact) mass is 338 g/mol. The fourth-order valence-corrected chi connectivity index (χ4v) is 3.60. The summed E-state index contributed by atoms with van der Waals surface area (Å²) in [5.41, 5.74) is 4.91. The first kappa shape index (κ1) is 15.8. The number of hydrogen-bond donors (Lipinski definition) is 1. The van der Waals surface area contributed by atoms with Gasteiger partial charge in [0.2, 0.25) is 5.91 Å². The molecule has 1 unspecified atom stereocenters. The highest BCUT2D eigenvalue weighted by Gasteiger charge is 2.36. The van der Waals surface area contributed by atoms with Crippen LogP contribution >= 0.6 is 0 Å². The predicted molar refractivity (Wildman–Crippen MR) is 95.5 cm³/mol. The topological polar surface area (TPSA) is 77.6 Å². The summed E-state index contributed by atoms with van der Waals surface area (Å²) in [7, 11) is 3.75. The van der Waals surface area contributed by atoms with Crippen LogP contribution in [0.1, 0.15) is 49.9 Å². The fraction of sp³-hybridized carbons (Fsp3) is 0.444. The highest BCUT2D eigenvalue weighted by molar-refractivity contribution is 5.95. The molecule has 7 nitrogen and oxygen atoms in total. The zero-order valence-corrected chi connectivity index (χ0v) is 15.2. The van der Waals surface area contributed by atoms with E-state index in [1.165, 1.54) is 0 Å². The second kappa shape index (κ2) is 5.15. The van der Waals surface area contributed by atoms with Crippen molar-refractivity contribution in [1.29, 1.82) is 0 Å². The highest BCUT2D eigenvalue weighted by atomic mass is 16.1. The fourth-order valence-electron chi connectivity index (χ4n) is 3.60. The molecule has 130 valence electrons. The predicted octanol–water partition coefficient (Wildman–Crippen LogP) is 2.47. The third kappa shape index (κ3) is 2.42. The number of carbonyl (C=O) groups is 1. The molecular weight excluding hydrogens is 316 g/mol. The number of aryl methyl sites for hydroxylation is 2. The maximum Gasteiger partial charge on any atom is 0.226 e. The molecule has 0 radical (unpaired) electrons. The zero-order chi connectivity index (χ0) is 17.9. The van der Waals surface area contributed by atoms with Gasteiger partial charge in [-0.3, -0.25) is 9.48 Å². The third-order valence-corrected chi connectivity index (χ3v) is 4.83. The summed E-state index contributed by atoms with van der Waals surface area (Å²) in [6.07, 6.45) is 0.410. The van der Waals surface area contributed by atoms with E-state index in [0.29, 0.717) is 6.42 Å². The maximum absolute atomic E-state index is 12.3. The number of anilines is 1. The molecule has 0 bridgehead atoms. The largest absolute Gasteiger partial charge is 0.311 e. The van der Waals surface area contributed by atoms with Crippen molar-refractivity contribution in [3.63, 3.8) is 0 Å². The molecule has 1 aliphatic heterocycles. The SMILES string of the molecule is Cn1nc(C(C)(C)C)c2c1NC(=O)CC2c1ccc2c(c1)nnn2C. The lowest BCUT2D eigenvalue weighted by atomic mass is 9.79. The number of fused-ring (bicyclic) bond motifs is 2. The van der Waals surface area contributed by atoms with E-state index in [0.717, 1.165) is 33.7 Å². The zero-order valence-electron chi connectivity index (χ0n) is 15.2. The minimum absolute atomic E-state index is 0.0141. The van der Waals surface area contributed by atoms with E-state index in [2.05, 4.69) is 42.5 Å². The molecule has 4 rings (SSSR count). The second-order valence-corrected chi connectivity index (χ2v) is 7.75. The molecule has 1 atom stereocenters. The van der Waals surface area contributed by atoms with Crippen molar-refractivity contribution in [3.05, 3.63) is 35.0 Å². The van der Waals surface area contributed by atoms with Gasteiger partial charge in [0.1, 0.15) is 11.3 Å². The molecule has 1 aliphatic rings. The number of rotatable bonds is 1. The molecule has 25 heavy (non-hydrogen) atoms. The molecule has 3 aromatic rings. The van der Waals surface area contributed by atoms with Crippen LogP contribution in [0.15, 0.2) is 18.2 Å². The van der Waals surface area contributed by atoms with Gasteiger partial charge in [-0.1, -0.05) is 32.1 Å². The summed E-state index contributed by atoms with van der Waals surface area (Å²) >= 11 is 0. The molecule has 0 fully saturated rings. The van der Waals surface area contributed by atoms with Gasteiger partial charge >= 0.3 is 0 Å². The Bertz CT molecular complexity index is 991. The molecule has 0 saturated carbocycles. The average Bonchev–Trinajstić information content (AvgIpc) is 3.07. The van der Waals surface area contributed by atoms with Gasteiger partial charge < -0.3 is 5.32 Å². The molecule has 2 aromatic heterocycles. The quantitative estimate of drug-likeness (QED) is 0.739. The number of benzene rings is 1. The van der Waals surface area contributed by atoms with Crippen LogP contribution in [0, 0.1) is 0 Å². The van der Waals surface area contributed by atoms with Gasteiger partial charge in [-0.15, -0.1) is 5.10 Å². The van der Waals surface area contributed by atoms with Crippen molar-refractivity contribution in [2.75, 3.05) is 5.32 Å². The first-order valence-electron chi connectivity index (χ1n) is 8.42. The van der Waals surface area contributed by atoms with E-state index in [9.17, 15) is 4.79 Å². The number of carbonyl (C=O) groups excluding carboxylic acids is 1. The van der Waals surface area contributed by atoms with Crippen LogP contribution < -0.4 is 5.32 Å². The average molecular weight is 338 g/mol. The van der Waals surface area contributed by atoms with E-state index in [-0.39, 0.29) is 17.2 Å². The Hall–Kier alpha value is -2.70. The van der Waals surface area contributed by atoms with Crippen LogP contribution in [-0.2, 0) is 24.3 Å². The summed E-state index contributed by atoms with van der Waals surface area (Å²) in [6.45, 7) is 6.44. The summed E-state index contributed by atoms with van der Waals surface area (Å²) in [4.78, 5) is 12.3. The normalized spacial score (nSPS) is 17.6. The first-order valence-corrected chi connectivity index (χ1v) is 8.42. The van der Waals surface area contributed by atoms with E-state index in [1.54, 1.807) is 9.36 Å². The minimum Gasteiger partial charge on any atom is -0.311 e. The molecule has 0 saturated heterocycles. The van der Waals surface area contributed by atoms with Crippen LogP contribution in [0.3, 0.4) is 0 Å². The number of nitrogens with one attached hydrogen (secondary N) is 1. The highest BCUT2D eigenvalue weighted by Crippen LogP contribution is 2.43. The Kier molecular flexibility index (Phi) is 3.25. The summed E-state index contributed by atoms with van der Waals surface area (Å²) in [5.74, 6) is 0.781. The maximum atomic E-state index is 12.3. The van der Waals surface area contributed by atoms with Gasteiger partial charge in [-0.05, 0) is 17.7 Å². The lowest BCUT2D eigenvalue weighted by molar-refractivity contribution is -0.116. The number of aromatic nitrogens is 5. The van der Waals surface area contributed by atoms with Gasteiger partial charge in [0, 0.05) is 37.4 Å². The van der Waals surface area contributed by atoms with Gasteiger partial charge in [-0.2, -0.15) is 5.10 Å². The summed E-state index contributed by atoms with van der Waals surface area (Å²) in [5, 5.41) is 16.0. The van der Waals surface area contributed by atoms with Crippen LogP contribution in [0.4, 0.5) is 5.82 Å². The van der Waals surface area contributed by atoms with Gasteiger partial charge in [0.05, 0.1) is 11.2 Å². The summed E-state index contributed by atoms with van der Waals surface area (Å²) < 4.78 is 3.53. The van der Waals surface area contributed by atoms with Gasteiger partial charge in [0.15, 0.2) is 0 Å². The van der Waals surface area contributed by atoms with Crippen LogP contribution in [-0.4, -0.2) is 30.7 Å². The van der Waals surface area contributed by atoms with E-state index >= 15 is 0 Å². The van der Waals surface area contributed by atoms with Crippen molar-refractivity contribution < 1.29 is 4.79 Å². The molecular formula is C18H22N6O. The van der Waals surface area contributed by atoms with Crippen molar-refractivity contribution >= 4 is 22.8 Å². The van der Waals surface area contributed by atoms with Gasteiger partial charge in [0.25, 0.3) is 0 Å². The Morgan fingerprint density at radius 3 is 2.68 bits per heavy atom. The Labute approximate surface area is 146 Å². The Balaban J connectivity index is 1.92. The van der Waals surface area contributed by atoms with Crippen molar-refractivity contribution in [2.45, 2.75) is 38.5 Å². The minimum atomic E-state index is -0.109. The van der Waals surface area contributed by atoms with Crippen LogP contribution in [0.25, 0.3) is 11.0 Å². The molecule has 7 heteroatoms. The number of nitrogens with zero attached hydrogens (tertiary/aromatic N) is 5. The van der Waals surface area contributed by atoms with E-state index < -0.39 is 0 Å². The smallest absolute Gasteiger partial charge is 0.226 e. The van der Waals surface area contributed by atoms with Crippen molar-refractivity contribution in [3.8, 4) is 0 Å². The number of hydrogen-bond acceptors (Lipinski definition) is 4. The Morgan fingerprint density at radius 2 is 1.96 bits per heavy atom. The van der Waals surface area contributed by atoms with E-state index in [4.69, 9.17) is 5.10 Å². The lowest BCUT2D eigenvalue weighted by Gasteiger charge is -2.27. The van der Waals surface area contributed by atoms with Crippen LogP contribution in [0.5, 0.6) is 0 Å². The summed E-state index contributed by atoms with van der Waals surface area (Å²) in [6, 6.07) is 6.12. The van der Waals surface area contributed by atoms with Crippen LogP contribution in [0.2, 0.25) is 0 Å². The van der Waals surface area contributed by atoms with Crippen molar-refractivity contribution in [1.82, 2.24) is 24.8 Å². The molecule has 1 amide bonds. The first-order chi connectivity index (χ1) is 11.8. The second-order valence-electron chi connectivity index (χ2n) is 7.75. The molecule has 0 aliphatic carbocycles. The third-order valence-electron chi connectivity index (χ3n) is 4.83. The van der Waals surface area contributed by atoms with Gasteiger partial charge in [-0.25, -0.2) is 4.68 Å². The molecule has 3 heterocycles. The lowest BCUT2D eigenvalue weighted by Crippen LogP contribution is -2.26. The molecule has 1 N–H and O–H groups in total. The number of amides is 1. The molecule has 0 spiro atoms. The standard InChI is InChI=1S/C18H22N6O/c1-18(2,3)16-15-11(9-14(25)19-17(15)24(5)21-16)10-6-7-13-12(8-10)20-22-23(13)4/h6-8,11H,9H2,1-5H3,(H,19,25).